The van der Waals surface area contributed by atoms with Crippen LogP contribution in [0.3, 0.4) is 0 Å². The zero-order valence-corrected chi connectivity index (χ0v) is 12.7. The van der Waals surface area contributed by atoms with Crippen LogP contribution in [0.1, 0.15) is 31.1 Å². The van der Waals surface area contributed by atoms with Gasteiger partial charge in [0.15, 0.2) is 0 Å². The molecule has 1 rings (SSSR count). The Balaban J connectivity index is 2.60. The molecule has 1 unspecified atom stereocenters. The number of hydrogen-bond acceptors (Lipinski definition) is 5. The number of benzene rings is 1. The average molecular weight is 296 g/mol. The van der Waals surface area contributed by atoms with Gasteiger partial charge in [0.05, 0.1) is 19.6 Å². The Labute approximate surface area is 123 Å². The molecule has 4 nitrogen and oxygen atoms in total. The maximum atomic E-state index is 12.0. The first-order valence-electron chi connectivity index (χ1n) is 6.67. The molecule has 0 N–H and O–H groups in total. The molecule has 0 aliphatic rings. The van der Waals surface area contributed by atoms with E-state index in [9.17, 15) is 9.59 Å². The summed E-state index contributed by atoms with van der Waals surface area (Å²) >= 11 is 1.40. The van der Waals surface area contributed by atoms with E-state index in [2.05, 4.69) is 0 Å². The van der Waals surface area contributed by atoms with E-state index in [0.717, 1.165) is 5.56 Å². The molecular weight excluding hydrogens is 276 g/mol. The number of rotatable bonds is 8. The fourth-order valence-electron chi connectivity index (χ4n) is 1.64. The summed E-state index contributed by atoms with van der Waals surface area (Å²) in [7, 11) is 0. The molecule has 0 radical (unpaired) electrons. The average Bonchev–Trinajstić information content (AvgIpc) is 2.45. The minimum Gasteiger partial charge on any atom is -0.466 e. The number of thioether (sulfide) groups is 1. The van der Waals surface area contributed by atoms with Crippen molar-refractivity contribution in [2.24, 2.45) is 0 Å². The van der Waals surface area contributed by atoms with Gasteiger partial charge in [-0.3, -0.25) is 9.59 Å². The number of carbonyl (C=O) groups excluding carboxylic acids is 2. The number of ether oxygens (including phenoxy) is 2. The summed E-state index contributed by atoms with van der Waals surface area (Å²) in [6, 6.07) is 9.44. The first-order valence-corrected chi connectivity index (χ1v) is 7.72. The normalized spacial score (nSPS) is 11.7. The van der Waals surface area contributed by atoms with Gasteiger partial charge in [-0.25, -0.2) is 0 Å². The highest BCUT2D eigenvalue weighted by Crippen LogP contribution is 2.30. The standard InChI is InChI=1S/C15H20O4S/c1-3-18-13(16)10-11-20-14(15(17)19-4-2)12-8-6-5-7-9-12/h5-9,14H,3-4,10-11H2,1-2H3. The van der Waals surface area contributed by atoms with Crippen LogP contribution in [0.5, 0.6) is 0 Å². The SMILES string of the molecule is CCOC(=O)CCSC(C(=O)OCC)c1ccccc1. The molecule has 1 aromatic rings. The highest BCUT2D eigenvalue weighted by atomic mass is 32.2. The Morgan fingerprint density at radius 1 is 1.10 bits per heavy atom. The third kappa shape index (κ3) is 5.65. The van der Waals surface area contributed by atoms with Crippen molar-refractivity contribution in [3.63, 3.8) is 0 Å². The summed E-state index contributed by atoms with van der Waals surface area (Å²) in [5.41, 5.74) is 0.889. The van der Waals surface area contributed by atoms with E-state index >= 15 is 0 Å². The maximum Gasteiger partial charge on any atom is 0.323 e. The fraction of sp³-hybridized carbons (Fsp3) is 0.467. The molecule has 1 atom stereocenters. The first kappa shape index (κ1) is 16.6. The summed E-state index contributed by atoms with van der Waals surface area (Å²) in [5, 5.41) is -0.398. The van der Waals surface area contributed by atoms with Crippen molar-refractivity contribution < 1.29 is 19.1 Å². The van der Waals surface area contributed by atoms with E-state index in [0.29, 0.717) is 25.4 Å². The predicted octanol–water partition coefficient (Wildman–Crippen LogP) is 2.98. The third-order valence-electron chi connectivity index (χ3n) is 2.50. The monoisotopic (exact) mass is 296 g/mol. The fourth-order valence-corrected chi connectivity index (χ4v) is 2.71. The molecule has 110 valence electrons. The molecule has 1 aromatic carbocycles. The topological polar surface area (TPSA) is 52.6 Å². The van der Waals surface area contributed by atoms with Gasteiger partial charge in [-0.05, 0) is 19.4 Å². The Kier molecular flexibility index (Phi) is 7.80. The molecule has 0 aliphatic carbocycles. The largest absolute Gasteiger partial charge is 0.466 e. The summed E-state index contributed by atoms with van der Waals surface area (Å²) in [5.74, 6) is 0.0141. The second-order valence-corrected chi connectivity index (χ2v) is 5.18. The zero-order chi connectivity index (χ0) is 14.8. The number of carbonyl (C=O) groups is 2. The van der Waals surface area contributed by atoms with Crippen molar-refractivity contribution in [3.05, 3.63) is 35.9 Å². The molecule has 0 aliphatic heterocycles. The maximum absolute atomic E-state index is 12.0. The van der Waals surface area contributed by atoms with Crippen LogP contribution in [0.4, 0.5) is 0 Å². The van der Waals surface area contributed by atoms with Gasteiger partial charge in [0.1, 0.15) is 5.25 Å². The lowest BCUT2D eigenvalue weighted by Gasteiger charge is -2.15. The van der Waals surface area contributed by atoms with Crippen molar-refractivity contribution >= 4 is 23.7 Å². The molecule has 0 fully saturated rings. The van der Waals surface area contributed by atoms with E-state index in [1.807, 2.05) is 30.3 Å². The lowest BCUT2D eigenvalue weighted by molar-refractivity contribution is -0.143. The van der Waals surface area contributed by atoms with Crippen molar-refractivity contribution in [1.29, 1.82) is 0 Å². The molecule has 0 saturated heterocycles. The lowest BCUT2D eigenvalue weighted by atomic mass is 10.1. The van der Waals surface area contributed by atoms with Crippen molar-refractivity contribution in [1.82, 2.24) is 0 Å². The quantitative estimate of drug-likeness (QED) is 0.690. The summed E-state index contributed by atoms with van der Waals surface area (Å²) < 4.78 is 9.96. The highest BCUT2D eigenvalue weighted by Gasteiger charge is 2.22. The van der Waals surface area contributed by atoms with E-state index in [4.69, 9.17) is 9.47 Å². The molecule has 20 heavy (non-hydrogen) atoms. The van der Waals surface area contributed by atoms with Gasteiger partial charge >= 0.3 is 11.9 Å². The smallest absolute Gasteiger partial charge is 0.323 e. The molecule has 0 heterocycles. The van der Waals surface area contributed by atoms with Crippen LogP contribution >= 0.6 is 11.8 Å². The zero-order valence-electron chi connectivity index (χ0n) is 11.8. The van der Waals surface area contributed by atoms with Gasteiger partial charge in [-0.1, -0.05) is 30.3 Å². The molecule has 0 aromatic heterocycles. The van der Waals surface area contributed by atoms with Crippen molar-refractivity contribution in [3.8, 4) is 0 Å². The molecule has 0 spiro atoms. The van der Waals surface area contributed by atoms with Gasteiger partial charge in [-0.2, -0.15) is 0 Å². The molecule has 0 bridgehead atoms. The van der Waals surface area contributed by atoms with Crippen LogP contribution in [0, 0.1) is 0 Å². The van der Waals surface area contributed by atoms with E-state index in [1.165, 1.54) is 11.8 Å². The van der Waals surface area contributed by atoms with Crippen LogP contribution in [0.15, 0.2) is 30.3 Å². The Hall–Kier alpha value is -1.49. The molecular formula is C15H20O4S. The van der Waals surface area contributed by atoms with Gasteiger partial charge < -0.3 is 9.47 Å². The van der Waals surface area contributed by atoms with Crippen LogP contribution < -0.4 is 0 Å². The van der Waals surface area contributed by atoms with Crippen LogP contribution in [-0.4, -0.2) is 30.9 Å². The Morgan fingerprint density at radius 2 is 1.75 bits per heavy atom. The van der Waals surface area contributed by atoms with Gasteiger partial charge in [0, 0.05) is 5.75 Å². The van der Waals surface area contributed by atoms with E-state index in [-0.39, 0.29) is 11.9 Å². The minimum atomic E-state index is -0.398. The summed E-state index contributed by atoms with van der Waals surface area (Å²) in [6.45, 7) is 4.28. The van der Waals surface area contributed by atoms with Gasteiger partial charge in [-0.15, -0.1) is 11.8 Å². The van der Waals surface area contributed by atoms with Crippen LogP contribution in [-0.2, 0) is 19.1 Å². The van der Waals surface area contributed by atoms with Gasteiger partial charge in [0.2, 0.25) is 0 Å². The van der Waals surface area contributed by atoms with Crippen LogP contribution in [0.25, 0.3) is 0 Å². The van der Waals surface area contributed by atoms with Crippen LogP contribution in [0.2, 0.25) is 0 Å². The molecule has 0 amide bonds. The van der Waals surface area contributed by atoms with Gasteiger partial charge in [0.25, 0.3) is 0 Å². The predicted molar refractivity (Wildman–Crippen MR) is 79.5 cm³/mol. The van der Waals surface area contributed by atoms with Crippen molar-refractivity contribution in [2.75, 3.05) is 19.0 Å². The summed E-state index contributed by atoms with van der Waals surface area (Å²) in [4.78, 5) is 23.3. The third-order valence-corrected chi connectivity index (χ3v) is 3.74. The van der Waals surface area contributed by atoms with Crippen molar-refractivity contribution in [2.45, 2.75) is 25.5 Å². The van der Waals surface area contributed by atoms with E-state index in [1.54, 1.807) is 13.8 Å². The molecule has 5 heteroatoms. The van der Waals surface area contributed by atoms with E-state index < -0.39 is 5.25 Å². The highest BCUT2D eigenvalue weighted by molar-refractivity contribution is 8.00. The Bertz CT molecular complexity index is 419. The summed E-state index contributed by atoms with van der Waals surface area (Å²) in [6.07, 6.45) is 0.293. The second kappa shape index (κ2) is 9.42. The second-order valence-electron chi connectivity index (χ2n) is 3.97. The number of esters is 2. The Morgan fingerprint density at radius 3 is 2.35 bits per heavy atom. The molecule has 0 saturated carbocycles. The number of hydrogen-bond donors (Lipinski definition) is 0. The minimum absolute atomic E-state index is 0.240. The first-order chi connectivity index (χ1) is 9.69. The lowest BCUT2D eigenvalue weighted by Crippen LogP contribution is -2.14.